The first-order valence-electron chi connectivity index (χ1n) is 8.76. The van der Waals surface area contributed by atoms with Crippen LogP contribution in [0, 0.1) is 0 Å². The van der Waals surface area contributed by atoms with Crippen LogP contribution in [0.4, 0.5) is 13.2 Å². The number of ether oxygens (including phenoxy) is 3. The van der Waals surface area contributed by atoms with Gasteiger partial charge in [0.05, 0.1) is 22.6 Å². The topological polar surface area (TPSA) is 104 Å². The van der Waals surface area contributed by atoms with Crippen LogP contribution in [0.3, 0.4) is 0 Å². The standard InChI is InChI=1S/C19H17F3N2O6S/c1-28-17(25)13-4-3-5-14-16(13)29-9-15(30-14)12-6-11(7-23-8-12)10-31(2,27)24-18(26)19(20,21)22/h3-8,15H,9-10H2,1-2H3. The summed E-state index contributed by atoms with van der Waals surface area (Å²) in [6, 6.07) is 6.26. The van der Waals surface area contributed by atoms with E-state index in [1.165, 1.54) is 31.6 Å². The van der Waals surface area contributed by atoms with Gasteiger partial charge < -0.3 is 14.2 Å². The van der Waals surface area contributed by atoms with Gasteiger partial charge in [0.2, 0.25) is 0 Å². The summed E-state index contributed by atoms with van der Waals surface area (Å²) in [6.45, 7) is 0.0184. The van der Waals surface area contributed by atoms with Gasteiger partial charge in [-0.05, 0) is 23.8 Å². The molecule has 1 aromatic carbocycles. The molecular weight excluding hydrogens is 441 g/mol. The molecule has 2 unspecified atom stereocenters. The number of hydrogen-bond acceptors (Lipinski definition) is 7. The van der Waals surface area contributed by atoms with Crippen molar-refractivity contribution in [3.63, 3.8) is 0 Å². The number of amides is 1. The third kappa shape index (κ3) is 5.32. The lowest BCUT2D eigenvalue weighted by Gasteiger charge is -2.27. The minimum atomic E-state index is -5.19. The molecule has 0 saturated heterocycles. The molecule has 0 fully saturated rings. The minimum absolute atomic E-state index is 0.0184. The van der Waals surface area contributed by atoms with Crippen LogP contribution in [0.25, 0.3) is 0 Å². The Balaban J connectivity index is 1.82. The summed E-state index contributed by atoms with van der Waals surface area (Å²) >= 11 is 0. The Morgan fingerprint density at radius 1 is 1.32 bits per heavy atom. The third-order valence-electron chi connectivity index (χ3n) is 4.17. The monoisotopic (exact) mass is 458 g/mol. The zero-order valence-electron chi connectivity index (χ0n) is 16.3. The Morgan fingerprint density at radius 3 is 2.74 bits per heavy atom. The molecule has 0 saturated carbocycles. The van der Waals surface area contributed by atoms with Gasteiger partial charge in [0.1, 0.15) is 12.2 Å². The normalized spacial score (nSPS) is 17.4. The number of halogens is 3. The summed E-state index contributed by atoms with van der Waals surface area (Å²) in [7, 11) is -2.25. The fraction of sp³-hybridized carbons (Fsp3) is 0.316. The number of rotatable bonds is 4. The molecular formula is C19H17F3N2O6S. The smallest absolute Gasteiger partial charge is 0.474 e. The molecule has 166 valence electrons. The van der Waals surface area contributed by atoms with Crippen LogP contribution in [0.2, 0.25) is 0 Å². The molecule has 1 aliphatic heterocycles. The quantitative estimate of drug-likeness (QED) is 0.649. The summed E-state index contributed by atoms with van der Waals surface area (Å²) in [4.78, 5) is 26.9. The number of hydrogen-bond donors (Lipinski definition) is 0. The van der Waals surface area contributed by atoms with Gasteiger partial charge in [-0.1, -0.05) is 6.07 Å². The van der Waals surface area contributed by atoms with E-state index in [0.717, 1.165) is 6.26 Å². The first-order valence-corrected chi connectivity index (χ1v) is 10.8. The van der Waals surface area contributed by atoms with Gasteiger partial charge in [0.25, 0.3) is 0 Å². The fourth-order valence-electron chi connectivity index (χ4n) is 2.87. The Bertz CT molecular complexity index is 1140. The van der Waals surface area contributed by atoms with E-state index in [1.807, 2.05) is 0 Å². The van der Waals surface area contributed by atoms with E-state index in [0.29, 0.717) is 16.9 Å². The maximum atomic E-state index is 12.4. The Hall–Kier alpha value is -3.15. The number of para-hydroxylation sites is 1. The van der Waals surface area contributed by atoms with Crippen molar-refractivity contribution in [2.24, 2.45) is 4.36 Å². The second-order valence-electron chi connectivity index (χ2n) is 6.67. The van der Waals surface area contributed by atoms with Crippen LogP contribution < -0.4 is 9.47 Å². The molecule has 2 aromatic rings. The number of pyridine rings is 1. The number of carbonyl (C=O) groups is 2. The summed E-state index contributed by atoms with van der Waals surface area (Å²) in [5, 5.41) is 0. The molecule has 0 spiro atoms. The summed E-state index contributed by atoms with van der Waals surface area (Å²) in [5.41, 5.74) is 1.01. The van der Waals surface area contributed by atoms with Crippen LogP contribution in [0.1, 0.15) is 27.6 Å². The number of aromatic nitrogens is 1. The first-order chi connectivity index (χ1) is 14.5. The van der Waals surface area contributed by atoms with Crippen molar-refractivity contribution in [1.82, 2.24) is 4.98 Å². The van der Waals surface area contributed by atoms with Crippen LogP contribution >= 0.6 is 0 Å². The molecule has 3 rings (SSSR count). The molecule has 12 heteroatoms. The van der Waals surface area contributed by atoms with E-state index >= 15 is 0 Å². The Kier molecular flexibility index (Phi) is 6.20. The van der Waals surface area contributed by atoms with Gasteiger partial charge in [-0.15, -0.1) is 0 Å². The van der Waals surface area contributed by atoms with Crippen molar-refractivity contribution in [1.29, 1.82) is 0 Å². The average molecular weight is 458 g/mol. The van der Waals surface area contributed by atoms with Crippen LogP contribution in [-0.2, 0) is 25.0 Å². The first kappa shape index (κ1) is 22.5. The number of esters is 1. The van der Waals surface area contributed by atoms with Crippen molar-refractivity contribution in [3.05, 3.63) is 53.3 Å². The van der Waals surface area contributed by atoms with E-state index in [2.05, 4.69) is 9.35 Å². The number of nitrogens with zero attached hydrogens (tertiary/aromatic N) is 2. The van der Waals surface area contributed by atoms with Gasteiger partial charge in [0, 0.05) is 24.2 Å². The van der Waals surface area contributed by atoms with Crippen LogP contribution in [0.5, 0.6) is 11.5 Å². The highest BCUT2D eigenvalue weighted by Crippen LogP contribution is 2.39. The van der Waals surface area contributed by atoms with Crippen molar-refractivity contribution in [3.8, 4) is 11.5 Å². The van der Waals surface area contributed by atoms with E-state index in [-0.39, 0.29) is 17.9 Å². The molecule has 2 atom stereocenters. The van der Waals surface area contributed by atoms with E-state index in [9.17, 15) is 27.0 Å². The Morgan fingerprint density at radius 2 is 2.06 bits per heavy atom. The number of methoxy groups -OCH3 is 1. The maximum Gasteiger partial charge on any atom is 0.474 e. The zero-order chi connectivity index (χ0) is 22.8. The molecule has 0 N–H and O–H groups in total. The van der Waals surface area contributed by atoms with Gasteiger partial charge in [-0.25, -0.2) is 9.00 Å². The molecule has 8 nitrogen and oxygen atoms in total. The van der Waals surface area contributed by atoms with Crippen molar-refractivity contribution in [2.45, 2.75) is 18.0 Å². The van der Waals surface area contributed by atoms with E-state index in [1.54, 1.807) is 12.1 Å². The molecule has 1 aromatic heterocycles. The highest BCUT2D eigenvalue weighted by Gasteiger charge is 2.39. The minimum Gasteiger partial charge on any atom is -0.485 e. The second kappa shape index (κ2) is 8.53. The van der Waals surface area contributed by atoms with Gasteiger partial charge in [-0.3, -0.25) is 9.78 Å². The molecule has 0 aliphatic carbocycles. The van der Waals surface area contributed by atoms with Crippen molar-refractivity contribution in [2.75, 3.05) is 20.0 Å². The zero-order valence-corrected chi connectivity index (χ0v) is 17.2. The highest BCUT2D eigenvalue weighted by molar-refractivity contribution is 7.92. The van der Waals surface area contributed by atoms with Gasteiger partial charge >= 0.3 is 18.1 Å². The third-order valence-corrected chi connectivity index (χ3v) is 5.59. The molecule has 31 heavy (non-hydrogen) atoms. The van der Waals surface area contributed by atoms with Crippen molar-refractivity contribution < 1.29 is 41.2 Å². The second-order valence-corrected chi connectivity index (χ2v) is 9.06. The lowest BCUT2D eigenvalue weighted by molar-refractivity contribution is -0.169. The molecule has 1 amide bonds. The molecule has 0 bridgehead atoms. The number of fused-ring (bicyclic) bond motifs is 1. The number of benzene rings is 1. The summed E-state index contributed by atoms with van der Waals surface area (Å²) < 4.78 is 68.7. The molecule has 0 radical (unpaired) electrons. The Labute approximate surface area is 175 Å². The lowest BCUT2D eigenvalue weighted by Crippen LogP contribution is -2.23. The predicted molar refractivity (Wildman–Crippen MR) is 102 cm³/mol. The average Bonchev–Trinajstić information content (AvgIpc) is 2.71. The summed E-state index contributed by atoms with van der Waals surface area (Å²) in [5.74, 6) is -2.86. The van der Waals surface area contributed by atoms with Crippen LogP contribution in [0.15, 0.2) is 41.0 Å². The molecule has 1 aliphatic rings. The number of alkyl halides is 3. The van der Waals surface area contributed by atoms with Gasteiger partial charge in [0.15, 0.2) is 17.6 Å². The number of carbonyl (C=O) groups excluding carboxylic acids is 2. The SMILES string of the molecule is COC(=O)c1cccc2c1OCC(c1cncc(CS(C)(=O)=NC(=O)C(F)(F)F)c1)O2. The lowest BCUT2D eigenvalue weighted by atomic mass is 10.1. The van der Waals surface area contributed by atoms with E-state index in [4.69, 9.17) is 14.2 Å². The largest absolute Gasteiger partial charge is 0.485 e. The summed E-state index contributed by atoms with van der Waals surface area (Å²) in [6.07, 6.45) is -2.10. The fourth-order valence-corrected chi connectivity index (χ4v) is 4.17. The highest BCUT2D eigenvalue weighted by atomic mass is 32.2. The van der Waals surface area contributed by atoms with Gasteiger partial charge in [-0.2, -0.15) is 17.5 Å². The van der Waals surface area contributed by atoms with Crippen LogP contribution in [-0.4, -0.2) is 47.2 Å². The van der Waals surface area contributed by atoms with Crippen molar-refractivity contribution >= 4 is 21.6 Å². The van der Waals surface area contributed by atoms with E-state index < -0.39 is 39.6 Å². The molecule has 2 heterocycles. The predicted octanol–water partition coefficient (Wildman–Crippen LogP) is 3.07. The maximum absolute atomic E-state index is 12.4.